The van der Waals surface area contributed by atoms with Crippen molar-refractivity contribution in [3.05, 3.63) is 28.3 Å². The third kappa shape index (κ3) is 3.58. The lowest BCUT2D eigenvalue weighted by Crippen LogP contribution is -2.42. The van der Waals surface area contributed by atoms with Crippen LogP contribution in [-0.2, 0) is 9.53 Å². The van der Waals surface area contributed by atoms with Gasteiger partial charge in [0.15, 0.2) is 5.60 Å². The minimum absolute atomic E-state index is 0.112. The van der Waals surface area contributed by atoms with E-state index in [2.05, 4.69) is 4.74 Å². The Labute approximate surface area is 115 Å². The highest BCUT2D eigenvalue weighted by Gasteiger charge is 2.33. The Balaban J connectivity index is 2.96. The van der Waals surface area contributed by atoms with Crippen LogP contribution in [0.1, 0.15) is 6.92 Å². The molecule has 1 N–H and O–H groups in total. The van der Waals surface area contributed by atoms with Crippen LogP contribution in [0.2, 0.25) is 0 Å². The number of nitro groups is 1. The van der Waals surface area contributed by atoms with Gasteiger partial charge in [0.05, 0.1) is 19.1 Å². The molecule has 1 aromatic rings. The van der Waals surface area contributed by atoms with Crippen LogP contribution in [0.5, 0.6) is 11.5 Å². The fraction of sp³-hybridized carbons (Fsp3) is 0.417. The van der Waals surface area contributed by atoms with Gasteiger partial charge in [-0.2, -0.15) is 0 Å². The first-order valence-electron chi connectivity index (χ1n) is 5.58. The second-order valence-corrected chi connectivity index (χ2v) is 4.14. The fourth-order valence-electron chi connectivity index (χ4n) is 1.38. The molecular weight excluding hydrogens is 270 g/mol. The average molecular weight is 285 g/mol. The maximum Gasteiger partial charge on any atom is 0.341 e. The monoisotopic (exact) mass is 285 g/mol. The molecule has 1 unspecified atom stereocenters. The van der Waals surface area contributed by atoms with E-state index in [0.717, 1.165) is 7.11 Å². The van der Waals surface area contributed by atoms with Crippen LogP contribution in [-0.4, -0.2) is 42.4 Å². The summed E-state index contributed by atoms with van der Waals surface area (Å²) in [7, 11) is 2.51. The van der Waals surface area contributed by atoms with Crippen molar-refractivity contribution in [1.82, 2.24) is 0 Å². The number of methoxy groups -OCH3 is 2. The summed E-state index contributed by atoms with van der Waals surface area (Å²) in [6, 6.07) is 3.91. The van der Waals surface area contributed by atoms with Gasteiger partial charge in [0.1, 0.15) is 12.4 Å². The van der Waals surface area contributed by atoms with Crippen LogP contribution in [0.25, 0.3) is 0 Å². The maximum absolute atomic E-state index is 11.3. The van der Waals surface area contributed by atoms with Crippen LogP contribution in [0, 0.1) is 10.1 Å². The molecule has 0 radical (unpaired) electrons. The van der Waals surface area contributed by atoms with Crippen molar-refractivity contribution >= 4 is 11.7 Å². The van der Waals surface area contributed by atoms with Crippen molar-refractivity contribution in [3.8, 4) is 11.5 Å². The van der Waals surface area contributed by atoms with Crippen LogP contribution in [0.15, 0.2) is 18.2 Å². The molecule has 1 aromatic carbocycles. The minimum atomic E-state index is -1.91. The lowest BCUT2D eigenvalue weighted by atomic mass is 10.1. The first kappa shape index (κ1) is 15.7. The average Bonchev–Trinajstić information content (AvgIpc) is 2.43. The SMILES string of the molecule is COC(=O)C(C)(O)COc1cc(OC)ccc1[N+](=O)[O-]. The zero-order valence-electron chi connectivity index (χ0n) is 11.3. The predicted molar refractivity (Wildman–Crippen MR) is 67.8 cm³/mol. The molecule has 0 aromatic heterocycles. The van der Waals surface area contributed by atoms with E-state index in [4.69, 9.17) is 9.47 Å². The van der Waals surface area contributed by atoms with Gasteiger partial charge in [0.2, 0.25) is 5.75 Å². The first-order valence-corrected chi connectivity index (χ1v) is 5.58. The summed E-state index contributed by atoms with van der Waals surface area (Å²) < 4.78 is 14.5. The quantitative estimate of drug-likeness (QED) is 0.470. The number of nitro benzene ring substituents is 1. The number of aliphatic hydroxyl groups is 1. The van der Waals surface area contributed by atoms with E-state index in [9.17, 15) is 20.0 Å². The molecule has 0 saturated heterocycles. The molecule has 8 heteroatoms. The van der Waals surface area contributed by atoms with E-state index in [-0.39, 0.29) is 11.4 Å². The zero-order chi connectivity index (χ0) is 15.3. The largest absolute Gasteiger partial charge is 0.497 e. The van der Waals surface area contributed by atoms with E-state index < -0.39 is 23.1 Å². The van der Waals surface area contributed by atoms with Gasteiger partial charge in [-0.05, 0) is 13.0 Å². The van der Waals surface area contributed by atoms with Crippen LogP contribution in [0.3, 0.4) is 0 Å². The molecule has 0 saturated carbocycles. The van der Waals surface area contributed by atoms with E-state index in [1.165, 1.54) is 32.2 Å². The van der Waals surface area contributed by atoms with E-state index in [1.54, 1.807) is 0 Å². The number of ether oxygens (including phenoxy) is 3. The number of benzene rings is 1. The number of carbonyl (C=O) groups excluding carboxylic acids is 1. The minimum Gasteiger partial charge on any atom is -0.497 e. The summed E-state index contributed by atoms with van der Waals surface area (Å²) >= 11 is 0. The van der Waals surface area contributed by atoms with Crippen molar-refractivity contribution < 1.29 is 29.0 Å². The zero-order valence-corrected chi connectivity index (χ0v) is 11.3. The normalized spacial score (nSPS) is 13.2. The first-order chi connectivity index (χ1) is 9.31. The Morgan fingerprint density at radius 1 is 1.45 bits per heavy atom. The Kier molecular flexibility index (Phi) is 4.87. The molecule has 0 bridgehead atoms. The van der Waals surface area contributed by atoms with E-state index in [1.807, 2.05) is 0 Å². The summed E-state index contributed by atoms with van der Waals surface area (Å²) in [5.74, 6) is -0.662. The van der Waals surface area contributed by atoms with Gasteiger partial charge in [-0.1, -0.05) is 0 Å². The summed E-state index contributed by atoms with van der Waals surface area (Å²) in [6.45, 7) is 0.693. The van der Waals surface area contributed by atoms with Crippen molar-refractivity contribution in [2.45, 2.75) is 12.5 Å². The fourth-order valence-corrected chi connectivity index (χ4v) is 1.38. The molecule has 0 aliphatic carbocycles. The molecule has 0 fully saturated rings. The van der Waals surface area contributed by atoms with E-state index >= 15 is 0 Å². The number of hydrogen-bond donors (Lipinski definition) is 1. The molecule has 0 amide bonds. The molecule has 0 spiro atoms. The van der Waals surface area contributed by atoms with Crippen molar-refractivity contribution in [2.24, 2.45) is 0 Å². The van der Waals surface area contributed by atoms with E-state index in [0.29, 0.717) is 5.75 Å². The van der Waals surface area contributed by atoms with Crippen molar-refractivity contribution in [3.63, 3.8) is 0 Å². The predicted octanol–water partition coefficient (Wildman–Crippen LogP) is 0.906. The van der Waals surface area contributed by atoms with Crippen molar-refractivity contribution in [1.29, 1.82) is 0 Å². The Hall–Kier alpha value is -2.35. The summed E-state index contributed by atoms with van der Waals surface area (Å²) in [4.78, 5) is 21.5. The Bertz CT molecular complexity index is 513. The van der Waals surface area contributed by atoms with Gasteiger partial charge in [0, 0.05) is 12.1 Å². The number of nitrogens with zero attached hydrogens (tertiary/aromatic N) is 1. The highest BCUT2D eigenvalue weighted by atomic mass is 16.6. The van der Waals surface area contributed by atoms with Crippen molar-refractivity contribution in [2.75, 3.05) is 20.8 Å². The van der Waals surface area contributed by atoms with Gasteiger partial charge >= 0.3 is 11.7 Å². The molecule has 1 atom stereocenters. The molecule has 0 aliphatic heterocycles. The van der Waals surface area contributed by atoms with Gasteiger partial charge in [-0.15, -0.1) is 0 Å². The lowest BCUT2D eigenvalue weighted by molar-refractivity contribution is -0.386. The molecule has 1 rings (SSSR count). The number of rotatable bonds is 6. The second-order valence-electron chi connectivity index (χ2n) is 4.14. The number of hydrogen-bond acceptors (Lipinski definition) is 7. The highest BCUT2D eigenvalue weighted by molar-refractivity contribution is 5.78. The molecule has 110 valence electrons. The van der Waals surface area contributed by atoms with Crippen LogP contribution < -0.4 is 9.47 Å². The molecule has 0 aliphatic rings. The number of carbonyl (C=O) groups is 1. The summed E-state index contributed by atoms with van der Waals surface area (Å²) in [5.41, 5.74) is -2.21. The molecule has 0 heterocycles. The second kappa shape index (κ2) is 6.20. The van der Waals surface area contributed by atoms with Gasteiger partial charge in [-0.25, -0.2) is 4.79 Å². The summed E-state index contributed by atoms with van der Waals surface area (Å²) in [5, 5.41) is 20.7. The third-order valence-corrected chi connectivity index (χ3v) is 2.50. The standard InChI is InChI=1S/C12H15NO7/c1-12(15,11(14)19-3)7-20-10-6-8(18-2)4-5-9(10)13(16)17/h4-6,15H,7H2,1-3H3. The molecule has 8 nitrogen and oxygen atoms in total. The molecule has 20 heavy (non-hydrogen) atoms. The smallest absolute Gasteiger partial charge is 0.341 e. The topological polar surface area (TPSA) is 108 Å². The summed E-state index contributed by atoms with van der Waals surface area (Å²) in [6.07, 6.45) is 0. The van der Waals surface area contributed by atoms with Gasteiger partial charge < -0.3 is 19.3 Å². The van der Waals surface area contributed by atoms with Gasteiger partial charge in [0.25, 0.3) is 0 Å². The Morgan fingerprint density at radius 3 is 2.60 bits per heavy atom. The Morgan fingerprint density at radius 2 is 2.10 bits per heavy atom. The maximum atomic E-state index is 11.3. The lowest BCUT2D eigenvalue weighted by Gasteiger charge is -2.20. The molecular formula is C12H15NO7. The number of esters is 1. The van der Waals surface area contributed by atoms with Crippen LogP contribution in [0.4, 0.5) is 5.69 Å². The van der Waals surface area contributed by atoms with Crippen LogP contribution >= 0.6 is 0 Å². The van der Waals surface area contributed by atoms with Gasteiger partial charge in [-0.3, -0.25) is 10.1 Å². The third-order valence-electron chi connectivity index (χ3n) is 2.50. The highest BCUT2D eigenvalue weighted by Crippen LogP contribution is 2.31.